The van der Waals surface area contributed by atoms with Gasteiger partial charge in [0.05, 0.1) is 32.3 Å². The van der Waals surface area contributed by atoms with Gasteiger partial charge in [-0.3, -0.25) is 30.2 Å². The van der Waals surface area contributed by atoms with Gasteiger partial charge >= 0.3 is 0 Å². The molecule has 0 N–H and O–H groups in total. The quantitative estimate of drug-likeness (QED) is 0.0927. The van der Waals surface area contributed by atoms with Gasteiger partial charge in [0.25, 0.3) is 11.4 Å². The first-order chi connectivity index (χ1) is 18.3. The highest BCUT2D eigenvalue weighted by Crippen LogP contribution is 2.28. The van der Waals surface area contributed by atoms with E-state index in [0.717, 1.165) is 10.8 Å². The summed E-state index contributed by atoms with van der Waals surface area (Å²) < 4.78 is 0. The Morgan fingerprint density at radius 2 is 1.08 bits per heavy atom. The van der Waals surface area contributed by atoms with E-state index < -0.39 is 9.85 Å². The average Bonchev–Trinajstić information content (AvgIpc) is 2.90. The Balaban J connectivity index is 1.43. The fraction of sp³-hybridized carbons (Fsp3) is 0. The van der Waals surface area contributed by atoms with Gasteiger partial charge in [0, 0.05) is 35.3 Å². The summed E-state index contributed by atoms with van der Waals surface area (Å²) >= 11 is 11.7. The predicted octanol–water partition coefficient (Wildman–Crippen LogP) is 8.01. The van der Waals surface area contributed by atoms with Crippen LogP contribution >= 0.6 is 23.2 Å². The molecule has 0 amide bonds. The molecule has 11 heteroatoms. The molecule has 1 heterocycles. The van der Waals surface area contributed by atoms with Crippen molar-refractivity contribution >= 4 is 80.2 Å². The van der Waals surface area contributed by atoms with Gasteiger partial charge in [0.2, 0.25) is 0 Å². The molecule has 0 bridgehead atoms. The Kier molecular flexibility index (Phi) is 6.78. The first-order valence-electron chi connectivity index (χ1n) is 11.1. The Morgan fingerprint density at radius 1 is 0.632 bits per heavy atom. The molecule has 0 radical (unpaired) electrons. The Labute approximate surface area is 225 Å². The number of hydrogen-bond donors (Lipinski definition) is 0. The molecule has 5 aromatic rings. The zero-order valence-corrected chi connectivity index (χ0v) is 20.8. The zero-order valence-electron chi connectivity index (χ0n) is 19.3. The van der Waals surface area contributed by atoms with Crippen LogP contribution in [0.4, 0.5) is 22.7 Å². The second-order valence-electron chi connectivity index (χ2n) is 8.19. The molecule has 5 rings (SSSR count). The SMILES string of the molecule is O=[N+]([O-])c1cc(C=Nc2ccc3cc4ccc(N=Cc5ccc(Cl)c([N+](=O)[O-])c5)cc4nc3c2)ccc1Cl. The Hall–Kier alpha value is -4.73. The zero-order chi connectivity index (χ0) is 26.8. The monoisotopic (exact) mass is 543 g/mol. The highest BCUT2D eigenvalue weighted by molar-refractivity contribution is 6.33. The smallest absolute Gasteiger partial charge is 0.258 e. The molecule has 0 aliphatic rings. The molecule has 9 nitrogen and oxygen atoms in total. The van der Waals surface area contributed by atoms with Crippen LogP contribution in [0.25, 0.3) is 21.8 Å². The Morgan fingerprint density at radius 3 is 1.50 bits per heavy atom. The van der Waals surface area contributed by atoms with E-state index in [4.69, 9.17) is 28.2 Å². The summed E-state index contributed by atoms with van der Waals surface area (Å²) in [6.07, 6.45) is 3.05. The summed E-state index contributed by atoms with van der Waals surface area (Å²) in [6.45, 7) is 0. The number of nitrogens with zero attached hydrogens (tertiary/aromatic N) is 5. The number of aliphatic imine (C=N–C) groups is 2. The lowest BCUT2D eigenvalue weighted by molar-refractivity contribution is -0.384. The van der Waals surface area contributed by atoms with E-state index in [1.165, 1.54) is 36.7 Å². The Bertz CT molecular complexity index is 1690. The second kappa shape index (κ2) is 10.3. The van der Waals surface area contributed by atoms with Crippen molar-refractivity contribution in [2.75, 3.05) is 0 Å². The highest BCUT2D eigenvalue weighted by atomic mass is 35.5. The molecule has 0 saturated heterocycles. The topological polar surface area (TPSA) is 124 Å². The van der Waals surface area contributed by atoms with Crippen LogP contribution in [0.2, 0.25) is 10.0 Å². The van der Waals surface area contributed by atoms with Crippen molar-refractivity contribution in [1.29, 1.82) is 0 Å². The second-order valence-corrected chi connectivity index (χ2v) is 9.01. The minimum atomic E-state index is -0.539. The van der Waals surface area contributed by atoms with Crippen LogP contribution in [0, 0.1) is 20.2 Å². The van der Waals surface area contributed by atoms with E-state index in [0.29, 0.717) is 33.5 Å². The molecule has 0 saturated carbocycles. The van der Waals surface area contributed by atoms with Gasteiger partial charge in [-0.15, -0.1) is 0 Å². The molecular formula is C27H15Cl2N5O4. The number of benzene rings is 4. The summed E-state index contributed by atoms with van der Waals surface area (Å²) in [6, 6.07) is 22.1. The average molecular weight is 544 g/mol. The molecule has 0 fully saturated rings. The van der Waals surface area contributed by atoms with E-state index >= 15 is 0 Å². The van der Waals surface area contributed by atoms with Crippen LogP contribution in [0.1, 0.15) is 11.1 Å². The van der Waals surface area contributed by atoms with E-state index in [9.17, 15) is 20.2 Å². The maximum atomic E-state index is 11.1. The van der Waals surface area contributed by atoms with E-state index in [1.54, 1.807) is 12.1 Å². The number of halogens is 2. The van der Waals surface area contributed by atoms with Gasteiger partial charge in [-0.25, -0.2) is 4.98 Å². The third kappa shape index (κ3) is 5.34. The van der Waals surface area contributed by atoms with Gasteiger partial charge in [-0.2, -0.15) is 0 Å². The fourth-order valence-electron chi connectivity index (χ4n) is 3.76. The molecule has 0 aliphatic heterocycles. The van der Waals surface area contributed by atoms with Gasteiger partial charge in [-0.05, 0) is 53.6 Å². The molecule has 4 aromatic carbocycles. The number of pyridine rings is 1. The first-order valence-corrected chi connectivity index (χ1v) is 11.8. The van der Waals surface area contributed by atoms with Crippen molar-refractivity contribution in [2.24, 2.45) is 9.98 Å². The largest absolute Gasteiger partial charge is 0.288 e. The molecule has 1 aromatic heterocycles. The maximum absolute atomic E-state index is 11.1. The number of aromatic nitrogens is 1. The third-order valence-corrected chi connectivity index (χ3v) is 6.28. The van der Waals surface area contributed by atoms with E-state index in [2.05, 4.69) is 9.98 Å². The van der Waals surface area contributed by atoms with Crippen LogP contribution in [0.15, 0.2) is 88.8 Å². The summed E-state index contributed by atoms with van der Waals surface area (Å²) in [4.78, 5) is 34.8. The lowest BCUT2D eigenvalue weighted by Gasteiger charge is -2.04. The van der Waals surface area contributed by atoms with Crippen LogP contribution < -0.4 is 0 Å². The van der Waals surface area contributed by atoms with Crippen molar-refractivity contribution in [1.82, 2.24) is 4.98 Å². The molecule has 0 unspecified atom stereocenters. The van der Waals surface area contributed by atoms with Gasteiger partial charge in [0.1, 0.15) is 10.0 Å². The van der Waals surface area contributed by atoms with Crippen LogP contribution in [0.3, 0.4) is 0 Å². The molecule has 186 valence electrons. The number of hydrogen-bond acceptors (Lipinski definition) is 7. The van der Waals surface area contributed by atoms with E-state index in [-0.39, 0.29) is 21.4 Å². The van der Waals surface area contributed by atoms with E-state index in [1.807, 2.05) is 42.5 Å². The number of nitro groups is 2. The number of rotatable bonds is 6. The minimum Gasteiger partial charge on any atom is -0.258 e. The van der Waals surface area contributed by atoms with Crippen LogP contribution in [0.5, 0.6) is 0 Å². The van der Waals surface area contributed by atoms with Gasteiger partial charge in [-0.1, -0.05) is 47.5 Å². The lowest BCUT2D eigenvalue weighted by Crippen LogP contribution is -1.91. The van der Waals surface area contributed by atoms with Crippen molar-refractivity contribution in [3.05, 3.63) is 120 Å². The predicted molar refractivity (Wildman–Crippen MR) is 150 cm³/mol. The van der Waals surface area contributed by atoms with Crippen molar-refractivity contribution in [3.8, 4) is 0 Å². The van der Waals surface area contributed by atoms with Crippen LogP contribution in [-0.4, -0.2) is 27.3 Å². The van der Waals surface area contributed by atoms with Crippen molar-refractivity contribution in [3.63, 3.8) is 0 Å². The van der Waals surface area contributed by atoms with Crippen molar-refractivity contribution < 1.29 is 9.85 Å². The summed E-state index contributed by atoms with van der Waals surface area (Å²) in [5.41, 5.74) is 3.39. The fourth-order valence-corrected chi connectivity index (χ4v) is 4.13. The normalized spacial score (nSPS) is 11.6. The highest BCUT2D eigenvalue weighted by Gasteiger charge is 2.13. The minimum absolute atomic E-state index is 0.0621. The van der Waals surface area contributed by atoms with Crippen molar-refractivity contribution in [2.45, 2.75) is 0 Å². The summed E-state index contributed by atoms with van der Waals surface area (Å²) in [5, 5.41) is 24.2. The molecule has 0 atom stereocenters. The van der Waals surface area contributed by atoms with Gasteiger partial charge in [0.15, 0.2) is 0 Å². The summed E-state index contributed by atoms with van der Waals surface area (Å²) in [7, 11) is 0. The van der Waals surface area contributed by atoms with Gasteiger partial charge < -0.3 is 0 Å². The summed E-state index contributed by atoms with van der Waals surface area (Å²) in [5.74, 6) is 0. The standard InChI is InChI=1S/C27H15Cl2N5O4/c28-22-7-1-16(9-26(22)33(35)36)14-30-20-5-3-18-11-19-4-6-21(13-25(19)32-24(18)12-20)31-15-17-2-8-23(29)27(10-17)34(37)38/h1-15H. The molecular weight excluding hydrogens is 529 g/mol. The number of nitro benzene ring substituents is 2. The lowest BCUT2D eigenvalue weighted by atomic mass is 10.1. The maximum Gasteiger partial charge on any atom is 0.288 e. The number of fused-ring (bicyclic) bond motifs is 2. The molecule has 0 aliphatic carbocycles. The molecule has 0 spiro atoms. The van der Waals surface area contributed by atoms with Crippen LogP contribution in [-0.2, 0) is 0 Å². The third-order valence-electron chi connectivity index (χ3n) is 5.64. The molecule has 38 heavy (non-hydrogen) atoms. The first kappa shape index (κ1) is 24.9.